The van der Waals surface area contributed by atoms with E-state index in [9.17, 15) is 13.9 Å². The van der Waals surface area contributed by atoms with E-state index in [0.717, 1.165) is 12.1 Å². The fraction of sp³-hybridized carbons (Fsp3) is 0.357. The van der Waals surface area contributed by atoms with Crippen molar-refractivity contribution in [1.29, 1.82) is 0 Å². The highest BCUT2D eigenvalue weighted by Gasteiger charge is 2.17. The van der Waals surface area contributed by atoms with Crippen molar-refractivity contribution in [2.24, 2.45) is 0 Å². The van der Waals surface area contributed by atoms with E-state index >= 15 is 0 Å². The van der Waals surface area contributed by atoms with Crippen LogP contribution >= 0.6 is 0 Å². The van der Waals surface area contributed by atoms with Crippen LogP contribution in [-0.2, 0) is 13.0 Å². The zero-order chi connectivity index (χ0) is 14.5. The first-order valence-corrected chi connectivity index (χ1v) is 6.33. The van der Waals surface area contributed by atoms with Crippen molar-refractivity contribution in [3.63, 3.8) is 0 Å². The van der Waals surface area contributed by atoms with Crippen molar-refractivity contribution in [3.05, 3.63) is 47.8 Å². The molecule has 0 saturated carbocycles. The Labute approximate surface area is 115 Å². The number of hydrogen-bond acceptors (Lipinski definition) is 3. The van der Waals surface area contributed by atoms with Crippen molar-refractivity contribution in [1.82, 2.24) is 9.78 Å². The predicted molar refractivity (Wildman–Crippen MR) is 69.6 cm³/mol. The lowest BCUT2D eigenvalue weighted by Crippen LogP contribution is -2.08. The number of halogens is 2. The second kappa shape index (κ2) is 6.47. The molecule has 1 N–H and O–H groups in total. The van der Waals surface area contributed by atoms with Gasteiger partial charge in [-0.1, -0.05) is 18.2 Å². The Kier molecular flexibility index (Phi) is 4.68. The molecule has 0 amide bonds. The molecule has 0 fully saturated rings. The topological polar surface area (TPSA) is 47.3 Å². The van der Waals surface area contributed by atoms with Crippen LogP contribution in [0.4, 0.5) is 8.78 Å². The van der Waals surface area contributed by atoms with E-state index in [0.29, 0.717) is 12.0 Å². The molecule has 108 valence electrons. The number of para-hydroxylation sites is 1. The molecule has 4 nitrogen and oxygen atoms in total. The lowest BCUT2D eigenvalue weighted by atomic mass is 10.0. The number of alkyl halides is 2. The van der Waals surface area contributed by atoms with Crippen molar-refractivity contribution in [3.8, 4) is 5.75 Å². The molecule has 1 heterocycles. The third-order valence-electron chi connectivity index (χ3n) is 2.93. The second-order valence-electron chi connectivity index (χ2n) is 4.34. The van der Waals surface area contributed by atoms with E-state index in [1.165, 1.54) is 6.07 Å². The average molecular weight is 282 g/mol. The molecule has 0 aliphatic heterocycles. The fourth-order valence-electron chi connectivity index (χ4n) is 1.98. The Hall–Kier alpha value is -1.95. The molecule has 2 rings (SSSR count). The molecule has 0 aliphatic rings. The monoisotopic (exact) mass is 282 g/mol. The van der Waals surface area contributed by atoms with Crippen LogP contribution in [0.25, 0.3) is 0 Å². The van der Waals surface area contributed by atoms with Crippen LogP contribution in [0.3, 0.4) is 0 Å². The smallest absolute Gasteiger partial charge is 0.387 e. The van der Waals surface area contributed by atoms with Gasteiger partial charge in [-0.2, -0.15) is 13.9 Å². The van der Waals surface area contributed by atoms with Gasteiger partial charge in [-0.05, 0) is 18.6 Å². The highest BCUT2D eigenvalue weighted by Crippen LogP contribution is 2.28. The minimum atomic E-state index is -2.91. The van der Waals surface area contributed by atoms with Crippen molar-refractivity contribution < 1.29 is 18.6 Å². The second-order valence-corrected chi connectivity index (χ2v) is 4.34. The van der Waals surface area contributed by atoms with Gasteiger partial charge in [-0.15, -0.1) is 0 Å². The third kappa shape index (κ3) is 3.54. The Morgan fingerprint density at radius 1 is 1.35 bits per heavy atom. The lowest BCUT2D eigenvalue weighted by Gasteiger charge is -2.15. The third-order valence-corrected chi connectivity index (χ3v) is 2.93. The molecule has 0 saturated heterocycles. The summed E-state index contributed by atoms with van der Waals surface area (Å²) < 4.78 is 30.8. The molecular formula is C14H16F2N2O2. The van der Waals surface area contributed by atoms with Crippen LogP contribution in [0.2, 0.25) is 0 Å². The molecule has 2 aromatic rings. The van der Waals surface area contributed by atoms with E-state index in [1.54, 1.807) is 29.1 Å². The molecule has 1 aromatic carbocycles. The Balaban J connectivity index is 2.14. The first-order chi connectivity index (χ1) is 9.60. The molecule has 1 aromatic heterocycles. The zero-order valence-corrected chi connectivity index (χ0v) is 11.0. The minimum absolute atomic E-state index is 0.00196. The van der Waals surface area contributed by atoms with Crippen LogP contribution in [0.1, 0.15) is 24.2 Å². The van der Waals surface area contributed by atoms with Crippen LogP contribution in [0.5, 0.6) is 5.75 Å². The summed E-state index contributed by atoms with van der Waals surface area (Å²) in [5, 5.41) is 14.3. The molecule has 20 heavy (non-hydrogen) atoms. The quantitative estimate of drug-likeness (QED) is 0.886. The number of ether oxygens (including phenoxy) is 1. The summed E-state index contributed by atoms with van der Waals surface area (Å²) in [6, 6.07) is 6.25. The molecule has 0 aliphatic carbocycles. The van der Waals surface area contributed by atoms with Gasteiger partial charge in [0.1, 0.15) is 5.75 Å². The molecular weight excluding hydrogens is 266 g/mol. The highest BCUT2D eigenvalue weighted by atomic mass is 19.3. The maximum Gasteiger partial charge on any atom is 0.387 e. The van der Waals surface area contributed by atoms with Gasteiger partial charge in [0.2, 0.25) is 0 Å². The molecule has 0 radical (unpaired) electrons. The maximum atomic E-state index is 12.3. The molecule has 0 bridgehead atoms. The minimum Gasteiger partial charge on any atom is -0.434 e. The van der Waals surface area contributed by atoms with E-state index in [4.69, 9.17) is 0 Å². The van der Waals surface area contributed by atoms with Gasteiger partial charge < -0.3 is 9.84 Å². The lowest BCUT2D eigenvalue weighted by molar-refractivity contribution is -0.0515. The average Bonchev–Trinajstić information content (AvgIpc) is 2.86. The largest absolute Gasteiger partial charge is 0.434 e. The Morgan fingerprint density at radius 2 is 2.10 bits per heavy atom. The highest BCUT2D eigenvalue weighted by molar-refractivity contribution is 5.35. The summed E-state index contributed by atoms with van der Waals surface area (Å²) >= 11 is 0. The number of hydrogen-bond donors (Lipinski definition) is 1. The van der Waals surface area contributed by atoms with Crippen molar-refractivity contribution in [2.75, 3.05) is 0 Å². The standard InChI is InChI=1S/C14H16F2N2O2/c1-2-18-9-10(8-17-18)7-12(19)11-5-3-4-6-13(11)20-14(15)16/h3-6,8-9,12,14,19H,2,7H2,1H3. The summed E-state index contributed by atoms with van der Waals surface area (Å²) in [5.74, 6) is -0.00196. The van der Waals surface area contributed by atoms with E-state index in [1.807, 2.05) is 13.1 Å². The fourth-order valence-corrected chi connectivity index (χ4v) is 1.98. The van der Waals surface area contributed by atoms with Crippen molar-refractivity contribution in [2.45, 2.75) is 32.6 Å². The summed E-state index contributed by atoms with van der Waals surface area (Å²) in [6.07, 6.45) is 2.85. The predicted octanol–water partition coefficient (Wildman–Crippen LogP) is 2.78. The number of rotatable bonds is 6. The number of aliphatic hydroxyl groups excluding tert-OH is 1. The first kappa shape index (κ1) is 14.5. The van der Waals surface area contributed by atoms with E-state index in [-0.39, 0.29) is 5.75 Å². The van der Waals surface area contributed by atoms with Gasteiger partial charge in [-0.3, -0.25) is 4.68 Å². The SMILES string of the molecule is CCn1cc(CC(O)c2ccccc2OC(F)F)cn1. The van der Waals surface area contributed by atoms with Gasteiger partial charge in [0.05, 0.1) is 12.3 Å². The van der Waals surface area contributed by atoms with Crippen LogP contribution in [0.15, 0.2) is 36.7 Å². The summed E-state index contributed by atoms with van der Waals surface area (Å²) in [7, 11) is 0. The normalized spacial score (nSPS) is 12.7. The molecule has 0 spiro atoms. The van der Waals surface area contributed by atoms with E-state index < -0.39 is 12.7 Å². The number of aliphatic hydroxyl groups is 1. The number of aromatic nitrogens is 2. The zero-order valence-electron chi connectivity index (χ0n) is 11.0. The Morgan fingerprint density at radius 3 is 2.75 bits per heavy atom. The van der Waals surface area contributed by atoms with Crippen molar-refractivity contribution >= 4 is 0 Å². The number of benzene rings is 1. The van der Waals surface area contributed by atoms with Crippen LogP contribution in [0, 0.1) is 0 Å². The van der Waals surface area contributed by atoms with Crippen LogP contribution < -0.4 is 4.74 Å². The van der Waals surface area contributed by atoms with Gasteiger partial charge in [-0.25, -0.2) is 0 Å². The number of aryl methyl sites for hydroxylation is 1. The molecule has 6 heteroatoms. The Bertz CT molecular complexity index is 558. The first-order valence-electron chi connectivity index (χ1n) is 6.33. The molecule has 1 unspecified atom stereocenters. The van der Waals surface area contributed by atoms with Gasteiger partial charge in [0, 0.05) is 24.7 Å². The van der Waals surface area contributed by atoms with Crippen LogP contribution in [-0.4, -0.2) is 21.5 Å². The van der Waals surface area contributed by atoms with Gasteiger partial charge >= 0.3 is 6.61 Å². The number of nitrogens with zero attached hydrogens (tertiary/aromatic N) is 2. The van der Waals surface area contributed by atoms with Gasteiger partial charge in [0.15, 0.2) is 0 Å². The summed E-state index contributed by atoms with van der Waals surface area (Å²) in [4.78, 5) is 0. The summed E-state index contributed by atoms with van der Waals surface area (Å²) in [5.41, 5.74) is 1.18. The molecule has 1 atom stereocenters. The maximum absolute atomic E-state index is 12.3. The van der Waals surface area contributed by atoms with Gasteiger partial charge in [0.25, 0.3) is 0 Å². The van der Waals surface area contributed by atoms with E-state index in [2.05, 4.69) is 9.84 Å². The summed E-state index contributed by atoms with van der Waals surface area (Å²) in [6.45, 7) is -0.216.